The largest absolute Gasteiger partial charge is 0.457 e. The molecule has 0 spiro atoms. The third-order valence-electron chi connectivity index (χ3n) is 16.6. The van der Waals surface area contributed by atoms with Crippen LogP contribution in [-0.4, -0.2) is 16.2 Å². The van der Waals surface area contributed by atoms with E-state index < -0.39 is 11.8 Å². The second kappa shape index (κ2) is 20.7. The minimum atomic E-state index is -1.78. The van der Waals surface area contributed by atoms with Gasteiger partial charge in [0.15, 0.2) is 0 Å². The molecule has 4 heterocycles. The zero-order valence-electron chi connectivity index (χ0n) is 52.8. The Morgan fingerprint density at radius 3 is 1.74 bits per heavy atom. The first-order valence-electron chi connectivity index (χ1n) is 30.6. The fourth-order valence-electron chi connectivity index (χ4n) is 12.2. The topological polar surface area (TPSA) is 57.3 Å². The quantitative estimate of drug-likeness (QED) is 0.144. The minimum Gasteiger partial charge on any atom is -0.457 e. The van der Waals surface area contributed by atoms with E-state index >= 15 is 0 Å². The van der Waals surface area contributed by atoms with Crippen molar-refractivity contribution >= 4 is 76.1 Å². The van der Waals surface area contributed by atoms with E-state index in [2.05, 4.69) is 253 Å². The molecule has 0 fully saturated rings. The van der Waals surface area contributed by atoms with Gasteiger partial charge < -0.3 is 14.5 Å². The lowest BCUT2D eigenvalue weighted by Crippen LogP contribution is -2.25. The molecular weight excluding hydrogens is 1050 g/mol. The van der Waals surface area contributed by atoms with Gasteiger partial charge in [0.2, 0.25) is 0 Å². The van der Waals surface area contributed by atoms with Gasteiger partial charge in [0.1, 0.15) is 24.0 Å². The number of anilines is 4. The second-order valence-corrected chi connectivity index (χ2v) is 28.1. The van der Waals surface area contributed by atoms with Crippen LogP contribution in [0.1, 0.15) is 114 Å². The highest BCUT2D eigenvalue weighted by atomic mass is 32.1. The van der Waals surface area contributed by atoms with Crippen molar-refractivity contribution < 1.29 is 7.48 Å². The van der Waals surface area contributed by atoms with E-state index in [1.165, 1.54) is 27.8 Å². The predicted molar refractivity (Wildman–Crippen MR) is 360 cm³/mol. The summed E-state index contributed by atoms with van der Waals surface area (Å²) in [6.07, 6.45) is 0.115. The van der Waals surface area contributed by atoms with Crippen molar-refractivity contribution in [3.8, 4) is 56.8 Å². The van der Waals surface area contributed by atoms with Crippen LogP contribution in [0.3, 0.4) is 0 Å². The Hall–Kier alpha value is -8.96. The molecule has 0 aliphatic carbocycles. The summed E-state index contributed by atoms with van der Waals surface area (Å²) < 4.78 is 31.5. The highest BCUT2D eigenvalue weighted by Crippen LogP contribution is 2.52. The summed E-state index contributed by atoms with van der Waals surface area (Å²) in [5.41, 5.74) is 16.3. The zero-order chi connectivity index (χ0) is 61.1. The van der Waals surface area contributed by atoms with Crippen molar-refractivity contribution in [2.45, 2.75) is 106 Å². The molecule has 1 aliphatic heterocycles. The van der Waals surface area contributed by atoms with E-state index in [-0.39, 0.29) is 16.2 Å². The maximum absolute atomic E-state index is 10.0. The smallest absolute Gasteiger partial charge is 0.137 e. The third-order valence-corrected chi connectivity index (χ3v) is 17.8. The Balaban J connectivity index is 0.955. The van der Waals surface area contributed by atoms with Gasteiger partial charge in [0.05, 0.1) is 39.7 Å². The SMILES string of the molecule is [2H]C([2H])(c1cc(-n2c3cc(Oc4cccc(N5CN(c6c(-c7ccccc7)cc(C(C)(C)C)cc6-c6ccccc6)c6ccccc65)c4)ccc3c3c4sc5cc(C#N)ccc5c4ccc32)ncc1-c1cc(C(C)(C)C)cc(C(C)(C)C)c1)C(C)(C)C. The lowest BCUT2D eigenvalue weighted by Gasteiger charge is -2.30. The standard InChI is InChI=1S/C78H73N5OS/c1-75(2,3)45-53-39-71(80-47-65(53)52-37-54(76(4,5)6)40-55(38-52)77(7,8)9)83-68-35-34-61-60-32-30-49(46-79)36-70(60)85-74(61)72(68)62-33-31-59(44-69(62)83)84-58-27-21-26-57(43-58)81-48-82(67-29-20-19-28-66(67)81)73-63(50-22-15-13-16-23-50)41-56(78(10,11)12)42-64(73)51-24-17-14-18-25-51/h13-44,47H,45,48H2,1-12H3/i45D2. The highest BCUT2D eigenvalue weighted by molar-refractivity contribution is 7.26. The van der Waals surface area contributed by atoms with Gasteiger partial charge in [-0.3, -0.25) is 4.57 Å². The van der Waals surface area contributed by atoms with Gasteiger partial charge in [-0.2, -0.15) is 5.26 Å². The summed E-state index contributed by atoms with van der Waals surface area (Å²) in [5, 5.41) is 14.2. The van der Waals surface area contributed by atoms with Gasteiger partial charge in [0, 0.05) is 74.4 Å². The molecule has 9 aromatic carbocycles. The van der Waals surface area contributed by atoms with E-state index in [0.717, 1.165) is 87.0 Å². The van der Waals surface area contributed by atoms with E-state index in [4.69, 9.17) is 9.72 Å². The van der Waals surface area contributed by atoms with Gasteiger partial charge in [-0.1, -0.05) is 192 Å². The molecule has 0 bridgehead atoms. The Labute approximate surface area is 508 Å². The molecule has 0 N–H and O–H groups in total. The first-order chi connectivity index (χ1) is 41.3. The van der Waals surface area contributed by atoms with Gasteiger partial charge in [0.25, 0.3) is 0 Å². The average Bonchev–Trinajstić information content (AvgIpc) is 1.62. The van der Waals surface area contributed by atoms with Crippen LogP contribution >= 0.6 is 11.3 Å². The Morgan fingerprint density at radius 1 is 0.529 bits per heavy atom. The molecule has 1 aliphatic rings. The first-order valence-corrected chi connectivity index (χ1v) is 30.4. The predicted octanol–water partition coefficient (Wildman–Crippen LogP) is 21.9. The number of pyridine rings is 1. The number of thiophene rings is 1. The lowest BCUT2D eigenvalue weighted by atomic mass is 9.78. The number of para-hydroxylation sites is 2. The Bertz CT molecular complexity index is 4640. The molecule has 0 saturated heterocycles. The number of nitrogens with zero attached hydrogens (tertiary/aromatic N) is 5. The first kappa shape index (κ1) is 52.8. The van der Waals surface area contributed by atoms with Gasteiger partial charge in [-0.25, -0.2) is 4.98 Å². The normalized spacial score (nSPS) is 13.6. The molecule has 0 saturated carbocycles. The number of rotatable bonds is 9. The monoisotopic (exact) mass is 1130 g/mol. The highest BCUT2D eigenvalue weighted by Gasteiger charge is 2.33. The molecule has 0 radical (unpaired) electrons. The fraction of sp³-hybridized carbons (Fsp3) is 0.231. The van der Waals surface area contributed by atoms with Crippen molar-refractivity contribution in [1.29, 1.82) is 5.26 Å². The summed E-state index contributed by atoms with van der Waals surface area (Å²) in [6, 6.07) is 71.2. The van der Waals surface area contributed by atoms with Crippen LogP contribution in [0.2, 0.25) is 0 Å². The van der Waals surface area contributed by atoms with Crippen molar-refractivity contribution in [1.82, 2.24) is 9.55 Å². The van der Waals surface area contributed by atoms with Crippen LogP contribution in [0, 0.1) is 16.7 Å². The molecule has 12 aromatic rings. The molecule has 0 unspecified atom stereocenters. The van der Waals surface area contributed by atoms with Gasteiger partial charge in [-0.05, 0) is 140 Å². The van der Waals surface area contributed by atoms with Crippen molar-refractivity contribution in [2.24, 2.45) is 5.41 Å². The molecule has 85 heavy (non-hydrogen) atoms. The Morgan fingerprint density at radius 2 is 1.12 bits per heavy atom. The van der Waals surface area contributed by atoms with Crippen LogP contribution in [0.4, 0.5) is 22.7 Å². The maximum Gasteiger partial charge on any atom is 0.137 e. The van der Waals surface area contributed by atoms with Gasteiger partial charge >= 0.3 is 0 Å². The third kappa shape index (κ3) is 10.3. The molecule has 6 nitrogen and oxygen atoms in total. The summed E-state index contributed by atoms with van der Waals surface area (Å²) in [4.78, 5) is 10.2. The van der Waals surface area contributed by atoms with Crippen LogP contribution in [0.5, 0.6) is 11.5 Å². The number of benzene rings is 9. The number of aromatic nitrogens is 2. The van der Waals surface area contributed by atoms with Crippen LogP contribution < -0.4 is 14.5 Å². The summed E-state index contributed by atoms with van der Waals surface area (Å²) in [7, 11) is 0. The molecular formula is C78H73N5OS. The molecule has 7 heteroatoms. The van der Waals surface area contributed by atoms with Crippen molar-refractivity contribution in [2.75, 3.05) is 16.5 Å². The minimum absolute atomic E-state index is 0.0933. The summed E-state index contributed by atoms with van der Waals surface area (Å²) in [6.45, 7) is 26.8. The number of hydrogen-bond donors (Lipinski definition) is 0. The molecule has 422 valence electrons. The number of fused-ring (bicyclic) bond motifs is 8. The summed E-state index contributed by atoms with van der Waals surface area (Å²) in [5.74, 6) is 1.94. The van der Waals surface area contributed by atoms with E-state index in [1.54, 1.807) is 11.3 Å². The zero-order valence-corrected chi connectivity index (χ0v) is 51.6. The number of hydrogen-bond acceptors (Lipinski definition) is 6. The second-order valence-electron chi connectivity index (χ2n) is 27.0. The van der Waals surface area contributed by atoms with E-state index in [9.17, 15) is 8.00 Å². The van der Waals surface area contributed by atoms with E-state index in [0.29, 0.717) is 35.1 Å². The average molecular weight is 1130 g/mol. The number of ether oxygens (including phenoxy) is 1. The molecule has 3 aromatic heterocycles. The molecule has 13 rings (SSSR count). The maximum atomic E-state index is 10.0. The van der Waals surface area contributed by atoms with Gasteiger partial charge in [-0.15, -0.1) is 11.3 Å². The van der Waals surface area contributed by atoms with Crippen LogP contribution in [0.15, 0.2) is 200 Å². The van der Waals surface area contributed by atoms with Crippen molar-refractivity contribution in [3.05, 3.63) is 228 Å². The number of nitriles is 1. The lowest BCUT2D eigenvalue weighted by molar-refractivity contribution is 0.411. The fourth-order valence-corrected chi connectivity index (χ4v) is 13.5. The van der Waals surface area contributed by atoms with Crippen molar-refractivity contribution in [3.63, 3.8) is 0 Å². The molecule has 0 amide bonds. The van der Waals surface area contributed by atoms with Crippen LogP contribution in [0.25, 0.3) is 81.2 Å². The Kier molecular flexibility index (Phi) is 12.8. The van der Waals surface area contributed by atoms with E-state index in [1.807, 2.05) is 51.2 Å². The summed E-state index contributed by atoms with van der Waals surface area (Å²) >= 11 is 1.69. The molecule has 0 atom stereocenters. The van der Waals surface area contributed by atoms with Crippen LogP contribution in [-0.2, 0) is 22.6 Å².